The number of aliphatic hydroxyl groups is 1. The van der Waals surface area contributed by atoms with Gasteiger partial charge in [-0.25, -0.2) is 0 Å². The lowest BCUT2D eigenvalue weighted by Gasteiger charge is -2.18. The van der Waals surface area contributed by atoms with Gasteiger partial charge >= 0.3 is 0 Å². The monoisotopic (exact) mass is 146 g/mol. The maximum absolute atomic E-state index is 9.31. The van der Waals surface area contributed by atoms with Crippen LogP contribution in [-0.2, 0) is 0 Å². The van der Waals surface area contributed by atoms with E-state index in [0.29, 0.717) is 13.0 Å². The molecule has 0 fully saturated rings. The molecule has 0 aromatic carbocycles. The predicted molar refractivity (Wildman–Crippen MR) is 42.8 cm³/mol. The zero-order valence-electron chi connectivity index (χ0n) is 6.80. The summed E-state index contributed by atoms with van der Waals surface area (Å²) in [6.07, 6.45) is 0.374. The summed E-state index contributed by atoms with van der Waals surface area (Å²) in [5.41, 5.74) is 5.28. The highest BCUT2D eigenvalue weighted by molar-refractivity contribution is 4.69. The van der Waals surface area contributed by atoms with E-state index in [9.17, 15) is 5.11 Å². The molecule has 3 nitrogen and oxygen atoms in total. The van der Waals surface area contributed by atoms with Crippen molar-refractivity contribution in [2.45, 2.75) is 32.4 Å². The second kappa shape index (κ2) is 5.65. The van der Waals surface area contributed by atoms with Gasteiger partial charge in [0.1, 0.15) is 0 Å². The Morgan fingerprint density at radius 1 is 1.60 bits per heavy atom. The number of aliphatic hydroxyl groups excluding tert-OH is 1. The zero-order valence-corrected chi connectivity index (χ0v) is 6.80. The Morgan fingerprint density at radius 2 is 2.20 bits per heavy atom. The van der Waals surface area contributed by atoms with Gasteiger partial charge < -0.3 is 16.2 Å². The number of hydrogen-bond donors (Lipinski definition) is 3. The van der Waals surface area contributed by atoms with E-state index < -0.39 is 0 Å². The fourth-order valence-electron chi connectivity index (χ4n) is 0.879. The van der Waals surface area contributed by atoms with Gasteiger partial charge in [-0.3, -0.25) is 0 Å². The lowest BCUT2D eigenvalue weighted by molar-refractivity contribution is 0.129. The molecule has 62 valence electrons. The van der Waals surface area contributed by atoms with Crippen LogP contribution in [0.5, 0.6) is 0 Å². The molecular formula is C7H18N2O. The van der Waals surface area contributed by atoms with Gasteiger partial charge in [0.15, 0.2) is 0 Å². The van der Waals surface area contributed by atoms with E-state index in [1.54, 1.807) is 0 Å². The fraction of sp³-hybridized carbons (Fsp3) is 1.00. The molecule has 0 rings (SSSR count). The summed E-state index contributed by atoms with van der Waals surface area (Å²) >= 11 is 0. The minimum absolute atomic E-state index is 0.161. The Labute approximate surface area is 62.6 Å². The van der Waals surface area contributed by atoms with Crippen LogP contribution in [0.3, 0.4) is 0 Å². The second-order valence-corrected chi connectivity index (χ2v) is 2.49. The molecule has 2 atom stereocenters. The highest BCUT2D eigenvalue weighted by atomic mass is 16.3. The third kappa shape index (κ3) is 3.82. The van der Waals surface area contributed by atoms with Gasteiger partial charge in [-0.2, -0.15) is 0 Å². The molecule has 0 saturated carbocycles. The molecular weight excluding hydrogens is 128 g/mol. The lowest BCUT2D eigenvalue weighted by atomic mass is 10.1. The van der Waals surface area contributed by atoms with Crippen LogP contribution in [0.15, 0.2) is 0 Å². The molecule has 0 heterocycles. The van der Waals surface area contributed by atoms with Gasteiger partial charge in [-0.05, 0) is 26.4 Å². The summed E-state index contributed by atoms with van der Waals surface area (Å²) in [6, 6.07) is 0.161. The molecule has 0 aromatic rings. The average molecular weight is 146 g/mol. The van der Waals surface area contributed by atoms with Crippen LogP contribution < -0.4 is 11.1 Å². The normalized spacial score (nSPS) is 16.8. The molecule has 0 spiro atoms. The van der Waals surface area contributed by atoms with Gasteiger partial charge in [-0.15, -0.1) is 0 Å². The Bertz CT molecular complexity index is 68.0. The molecule has 0 aliphatic carbocycles. The Balaban J connectivity index is 3.38. The van der Waals surface area contributed by atoms with Crippen molar-refractivity contribution >= 4 is 0 Å². The first-order chi connectivity index (χ1) is 4.72. The molecule has 0 aromatic heterocycles. The number of likely N-dealkylation sites (N-methyl/N-ethyl adjacent to an activating group) is 1. The number of nitrogens with two attached hydrogens (primary N) is 1. The van der Waals surface area contributed by atoms with Crippen LogP contribution in [0.25, 0.3) is 0 Å². The summed E-state index contributed by atoms with van der Waals surface area (Å²) in [6.45, 7) is 5.43. The summed E-state index contributed by atoms with van der Waals surface area (Å²) < 4.78 is 0. The number of nitrogens with one attached hydrogen (secondary N) is 1. The first kappa shape index (κ1) is 9.88. The van der Waals surface area contributed by atoms with Crippen LogP contribution in [0.2, 0.25) is 0 Å². The Kier molecular flexibility index (Phi) is 5.58. The summed E-state index contributed by atoms with van der Waals surface area (Å²) in [7, 11) is 0. The van der Waals surface area contributed by atoms with Gasteiger partial charge in [0.2, 0.25) is 0 Å². The second-order valence-electron chi connectivity index (χ2n) is 2.49. The molecule has 10 heavy (non-hydrogen) atoms. The van der Waals surface area contributed by atoms with Crippen molar-refractivity contribution in [2.75, 3.05) is 13.1 Å². The van der Waals surface area contributed by atoms with Gasteiger partial charge in [-0.1, -0.05) is 6.92 Å². The van der Waals surface area contributed by atoms with Gasteiger partial charge in [0.05, 0.1) is 6.10 Å². The first-order valence-corrected chi connectivity index (χ1v) is 3.83. The van der Waals surface area contributed by atoms with Crippen molar-refractivity contribution < 1.29 is 5.11 Å². The highest BCUT2D eigenvalue weighted by Gasteiger charge is 2.10. The third-order valence-electron chi connectivity index (χ3n) is 1.57. The summed E-state index contributed by atoms with van der Waals surface area (Å²) in [5, 5.41) is 12.4. The molecule has 0 amide bonds. The molecule has 0 radical (unpaired) electrons. The van der Waals surface area contributed by atoms with Crippen molar-refractivity contribution in [1.82, 2.24) is 5.32 Å². The standard InChI is InChI=1S/C7H18N2O/c1-3-9-6(2)7(10)4-5-8/h6-7,9-10H,3-5,8H2,1-2H3. The van der Waals surface area contributed by atoms with E-state index in [4.69, 9.17) is 5.73 Å². The van der Waals surface area contributed by atoms with Crippen molar-refractivity contribution in [3.05, 3.63) is 0 Å². The van der Waals surface area contributed by atoms with Crippen molar-refractivity contribution in [2.24, 2.45) is 5.73 Å². The largest absolute Gasteiger partial charge is 0.391 e. The van der Waals surface area contributed by atoms with E-state index in [1.165, 1.54) is 0 Å². The van der Waals surface area contributed by atoms with Gasteiger partial charge in [0, 0.05) is 6.04 Å². The van der Waals surface area contributed by atoms with Crippen LogP contribution in [-0.4, -0.2) is 30.3 Å². The van der Waals surface area contributed by atoms with E-state index in [1.807, 2.05) is 13.8 Å². The topological polar surface area (TPSA) is 58.3 Å². The van der Waals surface area contributed by atoms with E-state index >= 15 is 0 Å². The first-order valence-electron chi connectivity index (χ1n) is 3.83. The summed E-state index contributed by atoms with van der Waals surface area (Å²) in [5.74, 6) is 0. The van der Waals surface area contributed by atoms with Crippen molar-refractivity contribution in [1.29, 1.82) is 0 Å². The maximum atomic E-state index is 9.31. The van der Waals surface area contributed by atoms with E-state index in [-0.39, 0.29) is 12.1 Å². The molecule has 0 aliphatic heterocycles. The lowest BCUT2D eigenvalue weighted by Crippen LogP contribution is -2.38. The van der Waals surface area contributed by atoms with Crippen LogP contribution in [0.4, 0.5) is 0 Å². The Hall–Kier alpha value is -0.120. The quantitative estimate of drug-likeness (QED) is 0.499. The maximum Gasteiger partial charge on any atom is 0.0702 e. The molecule has 0 saturated heterocycles. The minimum Gasteiger partial charge on any atom is -0.391 e. The number of hydrogen-bond acceptors (Lipinski definition) is 3. The highest BCUT2D eigenvalue weighted by Crippen LogP contribution is 1.95. The van der Waals surface area contributed by atoms with Crippen LogP contribution in [0, 0.1) is 0 Å². The Morgan fingerprint density at radius 3 is 2.60 bits per heavy atom. The summed E-state index contributed by atoms with van der Waals surface area (Å²) in [4.78, 5) is 0. The number of rotatable bonds is 5. The van der Waals surface area contributed by atoms with Crippen LogP contribution in [0.1, 0.15) is 20.3 Å². The molecule has 0 aliphatic rings. The zero-order chi connectivity index (χ0) is 7.98. The van der Waals surface area contributed by atoms with Crippen LogP contribution >= 0.6 is 0 Å². The molecule has 2 unspecified atom stereocenters. The van der Waals surface area contributed by atoms with Crippen molar-refractivity contribution in [3.63, 3.8) is 0 Å². The van der Waals surface area contributed by atoms with E-state index in [0.717, 1.165) is 6.54 Å². The SMILES string of the molecule is CCNC(C)C(O)CCN. The van der Waals surface area contributed by atoms with Gasteiger partial charge in [0.25, 0.3) is 0 Å². The molecule has 0 bridgehead atoms. The smallest absolute Gasteiger partial charge is 0.0702 e. The average Bonchev–Trinajstić information content (AvgIpc) is 1.89. The third-order valence-corrected chi connectivity index (χ3v) is 1.57. The van der Waals surface area contributed by atoms with E-state index in [2.05, 4.69) is 5.32 Å². The predicted octanol–water partition coefficient (Wildman–Crippen LogP) is -0.306. The minimum atomic E-state index is -0.301. The molecule has 4 N–H and O–H groups in total. The fourth-order valence-corrected chi connectivity index (χ4v) is 0.879. The molecule has 3 heteroatoms. The van der Waals surface area contributed by atoms with Crippen molar-refractivity contribution in [3.8, 4) is 0 Å².